The molecule has 5 heteroatoms. The van der Waals surface area contributed by atoms with Crippen LogP contribution >= 0.6 is 0 Å². The monoisotopic (exact) mass is 290 g/mol. The van der Waals surface area contributed by atoms with Crippen LogP contribution in [-0.2, 0) is 11.3 Å². The van der Waals surface area contributed by atoms with Crippen molar-refractivity contribution in [2.75, 3.05) is 18.4 Å². The maximum Gasteiger partial charge on any atom is 0.226 e. The number of nitrogens with zero attached hydrogens (tertiary/aromatic N) is 1. The van der Waals surface area contributed by atoms with Gasteiger partial charge in [-0.3, -0.25) is 4.79 Å². The third-order valence-electron chi connectivity index (χ3n) is 2.85. The summed E-state index contributed by atoms with van der Waals surface area (Å²) >= 11 is 0. The number of guanidine groups is 1. The molecule has 116 valence electrons. The number of carbonyl (C=O) groups is 1. The molecule has 0 radical (unpaired) electrons. The first-order valence-corrected chi connectivity index (χ1v) is 7.48. The Bertz CT molecular complexity index is 458. The van der Waals surface area contributed by atoms with Crippen molar-refractivity contribution in [3.63, 3.8) is 0 Å². The fourth-order valence-electron chi connectivity index (χ4n) is 1.66. The van der Waals surface area contributed by atoms with Crippen LogP contribution in [0.5, 0.6) is 0 Å². The third kappa shape index (κ3) is 6.29. The highest BCUT2D eigenvalue weighted by molar-refractivity contribution is 5.92. The Kier molecular flexibility index (Phi) is 7.29. The van der Waals surface area contributed by atoms with Crippen LogP contribution < -0.4 is 16.0 Å². The molecule has 21 heavy (non-hydrogen) atoms. The van der Waals surface area contributed by atoms with Crippen LogP contribution in [0.1, 0.15) is 33.3 Å². The lowest BCUT2D eigenvalue weighted by Crippen LogP contribution is -2.36. The van der Waals surface area contributed by atoms with Gasteiger partial charge in [-0.05, 0) is 31.5 Å². The molecular weight excluding hydrogens is 264 g/mol. The quantitative estimate of drug-likeness (QED) is 0.556. The summed E-state index contributed by atoms with van der Waals surface area (Å²) in [6.45, 7) is 10.1. The molecule has 0 aromatic heterocycles. The molecule has 0 saturated heterocycles. The molecule has 0 aliphatic heterocycles. The molecule has 0 saturated carbocycles. The van der Waals surface area contributed by atoms with Gasteiger partial charge in [0, 0.05) is 24.7 Å². The smallest absolute Gasteiger partial charge is 0.226 e. The van der Waals surface area contributed by atoms with Crippen molar-refractivity contribution in [1.82, 2.24) is 10.6 Å². The Balaban J connectivity index is 2.61. The molecule has 0 atom stereocenters. The van der Waals surface area contributed by atoms with Gasteiger partial charge in [0.2, 0.25) is 5.91 Å². The molecule has 0 unspecified atom stereocenters. The van der Waals surface area contributed by atoms with Gasteiger partial charge in [0.15, 0.2) is 5.96 Å². The second-order valence-electron chi connectivity index (χ2n) is 5.07. The van der Waals surface area contributed by atoms with E-state index in [0.717, 1.165) is 30.3 Å². The number of nitrogens with one attached hydrogen (secondary N) is 3. The van der Waals surface area contributed by atoms with E-state index in [-0.39, 0.29) is 11.8 Å². The molecule has 1 aromatic rings. The number of benzene rings is 1. The Labute approximate surface area is 127 Å². The molecule has 0 bridgehead atoms. The Morgan fingerprint density at radius 2 is 1.67 bits per heavy atom. The zero-order valence-electron chi connectivity index (χ0n) is 13.4. The Morgan fingerprint density at radius 1 is 1.10 bits per heavy atom. The summed E-state index contributed by atoms with van der Waals surface area (Å²) in [5.41, 5.74) is 1.92. The van der Waals surface area contributed by atoms with Gasteiger partial charge < -0.3 is 16.0 Å². The van der Waals surface area contributed by atoms with Crippen LogP contribution in [0.3, 0.4) is 0 Å². The zero-order valence-corrected chi connectivity index (χ0v) is 13.4. The van der Waals surface area contributed by atoms with E-state index in [0.29, 0.717) is 6.54 Å². The van der Waals surface area contributed by atoms with Crippen molar-refractivity contribution in [2.45, 2.75) is 34.2 Å². The molecule has 1 aromatic carbocycles. The van der Waals surface area contributed by atoms with E-state index in [1.165, 1.54) is 0 Å². The first-order valence-electron chi connectivity index (χ1n) is 7.48. The molecule has 0 spiro atoms. The molecule has 0 heterocycles. The topological polar surface area (TPSA) is 65.5 Å². The summed E-state index contributed by atoms with van der Waals surface area (Å²) in [5, 5.41) is 9.25. The predicted molar refractivity (Wildman–Crippen MR) is 88.4 cm³/mol. The molecule has 0 aliphatic rings. The minimum absolute atomic E-state index is 0.0166. The highest BCUT2D eigenvalue weighted by Gasteiger charge is 2.06. The minimum atomic E-state index is -0.0166. The van der Waals surface area contributed by atoms with Crippen LogP contribution in [0.4, 0.5) is 5.69 Å². The van der Waals surface area contributed by atoms with Crippen molar-refractivity contribution in [3.05, 3.63) is 29.8 Å². The third-order valence-corrected chi connectivity index (χ3v) is 2.85. The maximum absolute atomic E-state index is 11.6. The second-order valence-corrected chi connectivity index (χ2v) is 5.07. The van der Waals surface area contributed by atoms with Crippen molar-refractivity contribution in [3.8, 4) is 0 Å². The van der Waals surface area contributed by atoms with Crippen LogP contribution in [0.25, 0.3) is 0 Å². The summed E-state index contributed by atoms with van der Waals surface area (Å²) in [6.07, 6.45) is 0. The van der Waals surface area contributed by atoms with Crippen LogP contribution in [0, 0.1) is 5.92 Å². The van der Waals surface area contributed by atoms with Crippen LogP contribution in [0.2, 0.25) is 0 Å². The van der Waals surface area contributed by atoms with Gasteiger partial charge >= 0.3 is 0 Å². The van der Waals surface area contributed by atoms with Crippen molar-refractivity contribution in [2.24, 2.45) is 10.9 Å². The molecular formula is C16H26N4O. The molecule has 3 N–H and O–H groups in total. The summed E-state index contributed by atoms with van der Waals surface area (Å²) < 4.78 is 0. The van der Waals surface area contributed by atoms with Crippen molar-refractivity contribution < 1.29 is 4.79 Å². The van der Waals surface area contributed by atoms with E-state index < -0.39 is 0 Å². The fourth-order valence-corrected chi connectivity index (χ4v) is 1.66. The fraction of sp³-hybridized carbons (Fsp3) is 0.500. The molecule has 1 rings (SSSR count). The van der Waals surface area contributed by atoms with Gasteiger partial charge in [-0.1, -0.05) is 26.0 Å². The standard InChI is InChI=1S/C16H26N4O/c1-5-17-16(18-6-2)19-11-13-7-9-14(10-8-13)20-15(21)12(3)4/h7-10,12H,5-6,11H2,1-4H3,(H,20,21)(H2,17,18,19). The first-order chi connectivity index (χ1) is 10.1. The number of hydrogen-bond acceptors (Lipinski definition) is 2. The predicted octanol–water partition coefficient (Wildman–Crippen LogP) is 2.36. The summed E-state index contributed by atoms with van der Waals surface area (Å²) in [6, 6.07) is 7.78. The molecule has 0 fully saturated rings. The SMILES string of the molecule is CCNC(=NCc1ccc(NC(=O)C(C)C)cc1)NCC. The molecule has 1 amide bonds. The lowest BCUT2D eigenvalue weighted by atomic mass is 10.2. The number of hydrogen-bond donors (Lipinski definition) is 3. The van der Waals surface area contributed by atoms with E-state index in [2.05, 4.69) is 20.9 Å². The van der Waals surface area contributed by atoms with E-state index >= 15 is 0 Å². The molecule has 5 nitrogen and oxygen atoms in total. The van der Waals surface area contributed by atoms with Gasteiger partial charge in [0.1, 0.15) is 0 Å². The maximum atomic E-state index is 11.6. The highest BCUT2D eigenvalue weighted by atomic mass is 16.1. The number of anilines is 1. The summed E-state index contributed by atoms with van der Waals surface area (Å²) in [4.78, 5) is 16.1. The van der Waals surface area contributed by atoms with E-state index in [1.54, 1.807) is 0 Å². The van der Waals surface area contributed by atoms with Gasteiger partial charge in [-0.25, -0.2) is 4.99 Å². The van der Waals surface area contributed by atoms with E-state index in [1.807, 2.05) is 52.0 Å². The second kappa shape index (κ2) is 9.00. The number of amides is 1. The van der Waals surface area contributed by atoms with Gasteiger partial charge in [-0.2, -0.15) is 0 Å². The largest absolute Gasteiger partial charge is 0.357 e. The lowest BCUT2D eigenvalue weighted by molar-refractivity contribution is -0.118. The number of carbonyl (C=O) groups excluding carboxylic acids is 1. The van der Waals surface area contributed by atoms with Crippen LogP contribution in [-0.4, -0.2) is 25.0 Å². The van der Waals surface area contributed by atoms with E-state index in [4.69, 9.17) is 0 Å². The Morgan fingerprint density at radius 3 is 2.14 bits per heavy atom. The average Bonchev–Trinajstić information content (AvgIpc) is 2.46. The zero-order chi connectivity index (χ0) is 15.7. The summed E-state index contributed by atoms with van der Waals surface area (Å²) in [7, 11) is 0. The first kappa shape index (κ1) is 17.0. The highest BCUT2D eigenvalue weighted by Crippen LogP contribution is 2.11. The van der Waals surface area contributed by atoms with Crippen molar-refractivity contribution in [1.29, 1.82) is 0 Å². The van der Waals surface area contributed by atoms with Crippen LogP contribution in [0.15, 0.2) is 29.3 Å². The Hall–Kier alpha value is -2.04. The molecule has 0 aliphatic carbocycles. The summed E-state index contributed by atoms with van der Waals surface area (Å²) in [5.74, 6) is 0.830. The normalized spacial score (nSPS) is 10.1. The van der Waals surface area contributed by atoms with Gasteiger partial charge in [-0.15, -0.1) is 0 Å². The lowest BCUT2D eigenvalue weighted by Gasteiger charge is -2.10. The van der Waals surface area contributed by atoms with E-state index in [9.17, 15) is 4.79 Å². The minimum Gasteiger partial charge on any atom is -0.357 e. The average molecular weight is 290 g/mol. The van der Waals surface area contributed by atoms with Crippen molar-refractivity contribution >= 4 is 17.6 Å². The number of aliphatic imine (C=N–C) groups is 1. The number of rotatable bonds is 6. The van der Waals surface area contributed by atoms with Gasteiger partial charge in [0.05, 0.1) is 6.54 Å². The van der Waals surface area contributed by atoms with Gasteiger partial charge in [0.25, 0.3) is 0 Å².